The van der Waals surface area contributed by atoms with Crippen molar-refractivity contribution in [1.82, 2.24) is 24.2 Å². The van der Waals surface area contributed by atoms with Crippen LogP contribution in [0.25, 0.3) is 0 Å². The molecule has 138 valence electrons. The zero-order valence-electron chi connectivity index (χ0n) is 13.7. The van der Waals surface area contributed by atoms with Gasteiger partial charge in [-0.05, 0) is 18.1 Å². The number of fused-ring (bicyclic) bond motifs is 1. The van der Waals surface area contributed by atoms with Gasteiger partial charge in [-0.2, -0.15) is 5.10 Å². The van der Waals surface area contributed by atoms with Crippen molar-refractivity contribution >= 4 is 17.5 Å². The predicted octanol–water partition coefficient (Wildman–Crippen LogP) is 1.50. The van der Waals surface area contributed by atoms with E-state index >= 15 is 0 Å². The number of hydrogen-bond donors (Lipinski definition) is 0. The van der Waals surface area contributed by atoms with Crippen LogP contribution in [0, 0.1) is 0 Å². The van der Waals surface area contributed by atoms with Crippen LogP contribution in [0.4, 0.5) is 8.78 Å². The van der Waals surface area contributed by atoms with Crippen LogP contribution in [0.2, 0.25) is 5.15 Å². The van der Waals surface area contributed by atoms with Crippen LogP contribution in [0.15, 0.2) is 23.1 Å². The fraction of sp³-hybridized carbons (Fsp3) is 0.500. The summed E-state index contributed by atoms with van der Waals surface area (Å²) in [7, 11) is 0. The van der Waals surface area contributed by atoms with Crippen LogP contribution >= 0.6 is 11.6 Å². The van der Waals surface area contributed by atoms with Crippen LogP contribution in [-0.2, 0) is 17.8 Å². The van der Waals surface area contributed by atoms with E-state index in [-0.39, 0.29) is 19.5 Å². The molecule has 2 aromatic rings. The maximum atomic E-state index is 13.4. The number of alkyl halides is 2. The Kier molecular flexibility index (Phi) is 4.06. The molecule has 1 amide bonds. The summed E-state index contributed by atoms with van der Waals surface area (Å²) >= 11 is 5.75. The first-order valence-electron chi connectivity index (χ1n) is 8.29. The van der Waals surface area contributed by atoms with E-state index in [0.29, 0.717) is 23.8 Å². The first-order chi connectivity index (χ1) is 12.3. The molecule has 2 aliphatic rings. The zero-order chi connectivity index (χ0) is 18.5. The Morgan fingerprint density at radius 1 is 1.38 bits per heavy atom. The number of carbonyl (C=O) groups is 1. The van der Waals surface area contributed by atoms with Crippen molar-refractivity contribution in [2.24, 2.45) is 0 Å². The Labute approximate surface area is 152 Å². The highest BCUT2D eigenvalue weighted by Crippen LogP contribution is 2.31. The van der Waals surface area contributed by atoms with Crippen LogP contribution in [-0.4, -0.2) is 49.2 Å². The molecule has 1 atom stereocenters. The average molecular weight is 384 g/mol. The summed E-state index contributed by atoms with van der Waals surface area (Å²) in [5.41, 5.74) is 0.326. The van der Waals surface area contributed by atoms with E-state index in [0.717, 1.165) is 10.5 Å². The topological polar surface area (TPSA) is 73.0 Å². The highest BCUT2D eigenvalue weighted by atomic mass is 35.5. The molecule has 0 aromatic carbocycles. The van der Waals surface area contributed by atoms with Crippen LogP contribution < -0.4 is 5.69 Å². The summed E-state index contributed by atoms with van der Waals surface area (Å²) < 4.78 is 29.4. The predicted molar refractivity (Wildman–Crippen MR) is 88.3 cm³/mol. The Balaban J connectivity index is 1.57. The molecule has 10 heteroatoms. The number of aryl methyl sites for hydroxylation is 1. The van der Waals surface area contributed by atoms with Gasteiger partial charge in [0.15, 0.2) is 0 Å². The van der Waals surface area contributed by atoms with Crippen LogP contribution in [0.5, 0.6) is 0 Å². The lowest BCUT2D eigenvalue weighted by Crippen LogP contribution is -2.39. The monoisotopic (exact) mass is 383 g/mol. The van der Waals surface area contributed by atoms with Gasteiger partial charge in [-0.1, -0.05) is 17.7 Å². The Bertz CT molecular complexity index is 908. The van der Waals surface area contributed by atoms with Gasteiger partial charge < -0.3 is 4.90 Å². The molecule has 1 fully saturated rings. The summed E-state index contributed by atoms with van der Waals surface area (Å²) in [4.78, 5) is 30.4. The first-order valence-corrected chi connectivity index (χ1v) is 8.67. The standard InChI is InChI=1S/C16H16ClF2N5O2/c17-12-3-1-10(7-20-12)8-23-15(26)24-11(2-4-13(24)21-23)14(25)22-6-5-16(18,19)9-22/h1,3,7,11H,2,4-6,8-9H2. The minimum Gasteiger partial charge on any atom is -0.335 e. The number of aromatic nitrogens is 4. The van der Waals surface area contributed by atoms with Gasteiger partial charge >= 0.3 is 5.69 Å². The fourth-order valence-electron chi connectivity index (χ4n) is 3.49. The lowest BCUT2D eigenvalue weighted by Gasteiger charge is -2.20. The largest absolute Gasteiger partial charge is 0.346 e. The highest BCUT2D eigenvalue weighted by Gasteiger charge is 2.44. The number of pyridine rings is 1. The summed E-state index contributed by atoms with van der Waals surface area (Å²) in [6, 6.07) is 2.59. The number of likely N-dealkylation sites (tertiary alicyclic amines) is 1. The second-order valence-corrected chi connectivity index (χ2v) is 7.02. The molecule has 0 bridgehead atoms. The molecular formula is C16H16ClF2N5O2. The molecular weight excluding hydrogens is 368 g/mol. The van der Waals surface area contributed by atoms with E-state index in [1.165, 1.54) is 9.25 Å². The molecule has 1 unspecified atom stereocenters. The molecule has 4 rings (SSSR count). The van der Waals surface area contributed by atoms with Gasteiger partial charge in [0, 0.05) is 25.6 Å². The third-order valence-corrected chi connectivity index (χ3v) is 5.01. The molecule has 0 N–H and O–H groups in total. The van der Waals surface area contributed by atoms with Gasteiger partial charge in [0.25, 0.3) is 5.92 Å². The van der Waals surface area contributed by atoms with Crippen molar-refractivity contribution in [2.45, 2.75) is 37.8 Å². The molecule has 2 aromatic heterocycles. The first kappa shape index (κ1) is 17.1. The molecule has 7 nitrogen and oxygen atoms in total. The summed E-state index contributed by atoms with van der Waals surface area (Å²) in [5, 5.41) is 4.63. The number of rotatable bonds is 3. The van der Waals surface area contributed by atoms with Gasteiger partial charge in [-0.25, -0.2) is 23.2 Å². The molecule has 2 aliphatic heterocycles. The lowest BCUT2D eigenvalue weighted by molar-refractivity contribution is -0.135. The summed E-state index contributed by atoms with van der Waals surface area (Å²) in [6.45, 7) is -0.375. The molecule has 1 saturated heterocycles. The molecule has 0 aliphatic carbocycles. The van der Waals surface area contributed by atoms with Crippen molar-refractivity contribution in [1.29, 1.82) is 0 Å². The van der Waals surface area contributed by atoms with E-state index in [4.69, 9.17) is 11.6 Å². The highest BCUT2D eigenvalue weighted by molar-refractivity contribution is 6.29. The minimum atomic E-state index is -2.85. The number of amides is 1. The number of hydrogen-bond acceptors (Lipinski definition) is 4. The quantitative estimate of drug-likeness (QED) is 0.753. The van der Waals surface area contributed by atoms with E-state index in [1.807, 2.05) is 0 Å². The number of halogens is 3. The molecule has 0 radical (unpaired) electrons. The molecule has 0 spiro atoms. The van der Waals surface area contributed by atoms with Gasteiger partial charge in [0.1, 0.15) is 17.0 Å². The Hall–Kier alpha value is -2.29. The molecule has 4 heterocycles. The van der Waals surface area contributed by atoms with Gasteiger partial charge in [-0.3, -0.25) is 9.36 Å². The van der Waals surface area contributed by atoms with Crippen molar-refractivity contribution in [3.8, 4) is 0 Å². The smallest absolute Gasteiger partial charge is 0.335 e. The van der Waals surface area contributed by atoms with Gasteiger partial charge in [0.2, 0.25) is 5.91 Å². The molecule has 0 saturated carbocycles. The third kappa shape index (κ3) is 3.00. The SMILES string of the molecule is O=C(C1CCc2nn(Cc3ccc(Cl)nc3)c(=O)n21)N1CCC(F)(F)C1. The van der Waals surface area contributed by atoms with Crippen LogP contribution in [0.3, 0.4) is 0 Å². The summed E-state index contributed by atoms with van der Waals surface area (Å²) in [5.74, 6) is -2.79. The zero-order valence-corrected chi connectivity index (χ0v) is 14.5. The van der Waals surface area contributed by atoms with Gasteiger partial charge in [-0.15, -0.1) is 0 Å². The van der Waals surface area contributed by atoms with Gasteiger partial charge in [0.05, 0.1) is 13.1 Å². The lowest BCUT2D eigenvalue weighted by atomic mass is 10.2. The number of nitrogens with zero attached hydrogens (tertiary/aromatic N) is 5. The van der Waals surface area contributed by atoms with E-state index in [2.05, 4.69) is 10.1 Å². The average Bonchev–Trinajstić information content (AvgIpc) is 3.25. The van der Waals surface area contributed by atoms with Crippen molar-refractivity contribution in [2.75, 3.05) is 13.1 Å². The van der Waals surface area contributed by atoms with Crippen molar-refractivity contribution < 1.29 is 13.6 Å². The normalized spacial score (nSPS) is 21.2. The van der Waals surface area contributed by atoms with E-state index in [1.54, 1.807) is 18.3 Å². The van der Waals surface area contributed by atoms with E-state index in [9.17, 15) is 18.4 Å². The van der Waals surface area contributed by atoms with E-state index < -0.39 is 30.1 Å². The van der Waals surface area contributed by atoms with Crippen molar-refractivity contribution in [3.05, 3.63) is 45.4 Å². The van der Waals surface area contributed by atoms with Crippen LogP contribution in [0.1, 0.15) is 30.3 Å². The number of carbonyl (C=O) groups excluding carboxylic acids is 1. The fourth-order valence-corrected chi connectivity index (χ4v) is 3.60. The maximum Gasteiger partial charge on any atom is 0.346 e. The minimum absolute atomic E-state index is 0.0109. The Morgan fingerprint density at radius 2 is 2.19 bits per heavy atom. The second-order valence-electron chi connectivity index (χ2n) is 6.64. The summed E-state index contributed by atoms with van der Waals surface area (Å²) in [6.07, 6.45) is 2.08. The van der Waals surface area contributed by atoms with Crippen molar-refractivity contribution in [3.63, 3.8) is 0 Å². The molecule has 26 heavy (non-hydrogen) atoms. The Morgan fingerprint density at radius 3 is 2.85 bits per heavy atom. The maximum absolute atomic E-state index is 13.4. The second kappa shape index (κ2) is 6.15. The third-order valence-electron chi connectivity index (χ3n) is 4.78.